The summed E-state index contributed by atoms with van der Waals surface area (Å²) in [6.07, 6.45) is 1.43. The Morgan fingerprint density at radius 2 is 1.88 bits per heavy atom. The molecule has 1 unspecified atom stereocenters. The molecule has 1 heterocycles. The van der Waals surface area contributed by atoms with Crippen LogP contribution < -0.4 is 19.5 Å². The van der Waals surface area contributed by atoms with Gasteiger partial charge in [0.2, 0.25) is 5.91 Å². The maximum Gasteiger partial charge on any atom is 0.234 e. The number of aryl methyl sites for hydroxylation is 2. The van der Waals surface area contributed by atoms with E-state index < -0.39 is 0 Å². The number of hydrogen-bond donors (Lipinski definition) is 1. The molecule has 9 heteroatoms. The highest BCUT2D eigenvalue weighted by Gasteiger charge is 2.20. The van der Waals surface area contributed by atoms with E-state index in [1.54, 1.807) is 38.5 Å². The van der Waals surface area contributed by atoms with Gasteiger partial charge in [-0.3, -0.25) is 9.36 Å². The summed E-state index contributed by atoms with van der Waals surface area (Å²) < 4.78 is 18.6. The van der Waals surface area contributed by atoms with Crippen LogP contribution in [0.25, 0.3) is 0 Å². The molecule has 1 aromatic heterocycles. The van der Waals surface area contributed by atoms with E-state index in [-0.39, 0.29) is 17.8 Å². The van der Waals surface area contributed by atoms with Gasteiger partial charge in [-0.05, 0) is 56.2 Å². The molecule has 0 saturated heterocycles. The first-order valence-electron chi connectivity index (χ1n) is 10.8. The van der Waals surface area contributed by atoms with E-state index in [1.807, 2.05) is 36.6 Å². The Hall–Kier alpha value is -3.46. The Morgan fingerprint density at radius 3 is 2.56 bits per heavy atom. The number of nitrogens with zero attached hydrogens (tertiary/aromatic N) is 3. The van der Waals surface area contributed by atoms with Gasteiger partial charge in [0.25, 0.3) is 0 Å². The van der Waals surface area contributed by atoms with Crippen LogP contribution in [0.4, 0.5) is 5.69 Å². The van der Waals surface area contributed by atoms with Crippen molar-refractivity contribution < 1.29 is 19.0 Å². The van der Waals surface area contributed by atoms with E-state index in [0.29, 0.717) is 34.7 Å². The summed E-state index contributed by atoms with van der Waals surface area (Å²) in [6, 6.07) is 11.2. The van der Waals surface area contributed by atoms with Gasteiger partial charge in [-0.15, -0.1) is 16.8 Å². The molecule has 3 rings (SSSR count). The maximum atomic E-state index is 12.6. The second-order valence-corrected chi connectivity index (χ2v) is 8.59. The molecule has 0 aliphatic heterocycles. The van der Waals surface area contributed by atoms with Gasteiger partial charge < -0.3 is 19.5 Å². The highest BCUT2D eigenvalue weighted by Crippen LogP contribution is 2.30. The van der Waals surface area contributed by atoms with Crippen molar-refractivity contribution in [1.29, 1.82) is 0 Å². The van der Waals surface area contributed by atoms with E-state index in [1.165, 1.54) is 17.3 Å². The Kier molecular flexibility index (Phi) is 8.59. The molecule has 0 aliphatic rings. The predicted octanol–water partition coefficient (Wildman–Crippen LogP) is 4.97. The lowest BCUT2D eigenvalue weighted by atomic mass is 10.1. The van der Waals surface area contributed by atoms with Crippen molar-refractivity contribution in [3.8, 4) is 17.2 Å². The second-order valence-electron chi connectivity index (χ2n) is 7.65. The quantitative estimate of drug-likeness (QED) is 0.305. The van der Waals surface area contributed by atoms with Crippen LogP contribution in [0.5, 0.6) is 17.2 Å². The van der Waals surface area contributed by atoms with Crippen molar-refractivity contribution in [3.05, 3.63) is 66.0 Å². The highest BCUT2D eigenvalue weighted by atomic mass is 32.2. The largest absolute Gasteiger partial charge is 0.497 e. The third-order valence-corrected chi connectivity index (χ3v) is 6.19. The Labute approximate surface area is 204 Å². The number of allylic oxidation sites excluding steroid dienone is 1. The van der Waals surface area contributed by atoms with Crippen molar-refractivity contribution in [3.63, 3.8) is 0 Å². The summed E-state index contributed by atoms with van der Waals surface area (Å²) >= 11 is 1.29. The molecule has 0 saturated carbocycles. The van der Waals surface area contributed by atoms with Crippen LogP contribution in [0.15, 0.2) is 54.2 Å². The third kappa shape index (κ3) is 6.11. The average Bonchev–Trinajstić information content (AvgIpc) is 3.23. The molecule has 8 nitrogen and oxygen atoms in total. The topological polar surface area (TPSA) is 87.5 Å². The van der Waals surface area contributed by atoms with Crippen LogP contribution >= 0.6 is 11.8 Å². The minimum Gasteiger partial charge on any atom is -0.497 e. The van der Waals surface area contributed by atoms with E-state index in [0.717, 1.165) is 11.3 Å². The van der Waals surface area contributed by atoms with Gasteiger partial charge in [0.1, 0.15) is 17.2 Å². The van der Waals surface area contributed by atoms with E-state index in [2.05, 4.69) is 29.0 Å². The van der Waals surface area contributed by atoms with Crippen LogP contribution in [0, 0.1) is 13.8 Å². The van der Waals surface area contributed by atoms with Gasteiger partial charge in [0.15, 0.2) is 17.1 Å². The van der Waals surface area contributed by atoms with E-state index in [4.69, 9.17) is 14.2 Å². The van der Waals surface area contributed by atoms with Crippen molar-refractivity contribution in [2.24, 2.45) is 0 Å². The molecule has 1 N–H and O–H groups in total. The number of hydrogen-bond acceptors (Lipinski definition) is 7. The molecule has 0 fully saturated rings. The molecule has 0 bridgehead atoms. The Balaban J connectivity index is 1.70. The fourth-order valence-electron chi connectivity index (χ4n) is 3.28. The zero-order chi connectivity index (χ0) is 24.7. The zero-order valence-corrected chi connectivity index (χ0v) is 20.9. The molecule has 0 radical (unpaired) electrons. The first-order valence-corrected chi connectivity index (χ1v) is 11.8. The summed E-state index contributed by atoms with van der Waals surface area (Å²) in [7, 11) is 3.12. The van der Waals surface area contributed by atoms with E-state index >= 15 is 0 Å². The number of carbonyl (C=O) groups is 1. The first kappa shape index (κ1) is 25.2. The summed E-state index contributed by atoms with van der Waals surface area (Å²) in [4.78, 5) is 12.6. The molecule has 1 amide bonds. The summed E-state index contributed by atoms with van der Waals surface area (Å²) in [6.45, 7) is 10.4. The van der Waals surface area contributed by atoms with Gasteiger partial charge in [-0.1, -0.05) is 23.9 Å². The van der Waals surface area contributed by atoms with Crippen molar-refractivity contribution >= 4 is 23.4 Å². The lowest BCUT2D eigenvalue weighted by molar-refractivity contribution is -0.113. The SMILES string of the molecule is C=CCn1c(SCC(=O)Nc2cc(OC)ccc2OC)nnc1C(C)Oc1ccc(C)c(C)c1. The molecule has 34 heavy (non-hydrogen) atoms. The highest BCUT2D eigenvalue weighted by molar-refractivity contribution is 7.99. The van der Waals surface area contributed by atoms with Crippen molar-refractivity contribution in [2.45, 2.75) is 38.6 Å². The second kappa shape index (κ2) is 11.6. The van der Waals surface area contributed by atoms with E-state index in [9.17, 15) is 4.79 Å². The molecule has 0 spiro atoms. The molecule has 1 atom stereocenters. The van der Waals surface area contributed by atoms with Gasteiger partial charge in [0.05, 0.1) is 25.7 Å². The van der Waals surface area contributed by atoms with Gasteiger partial charge in [0, 0.05) is 12.6 Å². The minimum absolute atomic E-state index is 0.141. The summed E-state index contributed by atoms with van der Waals surface area (Å²) in [5.74, 6) is 2.54. The number of carbonyl (C=O) groups excluding carboxylic acids is 1. The standard InChI is InChI=1S/C25H30N4O4S/c1-7-12-29-24(18(4)33-20-9-8-16(2)17(3)13-20)27-28-25(29)34-15-23(30)26-21-14-19(31-5)10-11-22(21)32-6/h7-11,13-14,18H,1,12,15H2,2-6H3,(H,26,30). The van der Waals surface area contributed by atoms with Gasteiger partial charge >= 0.3 is 0 Å². The normalized spacial score (nSPS) is 11.6. The van der Waals surface area contributed by atoms with Crippen LogP contribution in [0.2, 0.25) is 0 Å². The number of benzene rings is 2. The van der Waals surface area contributed by atoms with Crippen molar-refractivity contribution in [1.82, 2.24) is 14.8 Å². The average molecular weight is 483 g/mol. The van der Waals surface area contributed by atoms with Crippen LogP contribution in [0.1, 0.15) is 30.0 Å². The summed E-state index contributed by atoms with van der Waals surface area (Å²) in [5, 5.41) is 12.1. The predicted molar refractivity (Wildman–Crippen MR) is 134 cm³/mol. The number of anilines is 1. The number of ether oxygens (including phenoxy) is 3. The number of methoxy groups -OCH3 is 2. The Morgan fingerprint density at radius 1 is 1.12 bits per heavy atom. The van der Waals surface area contributed by atoms with Crippen LogP contribution in [-0.2, 0) is 11.3 Å². The smallest absolute Gasteiger partial charge is 0.234 e. The molecule has 2 aromatic carbocycles. The lowest BCUT2D eigenvalue weighted by Crippen LogP contribution is -2.16. The number of thioether (sulfide) groups is 1. The minimum atomic E-state index is -0.334. The van der Waals surface area contributed by atoms with Crippen molar-refractivity contribution in [2.75, 3.05) is 25.3 Å². The van der Waals surface area contributed by atoms with Gasteiger partial charge in [-0.25, -0.2) is 0 Å². The lowest BCUT2D eigenvalue weighted by Gasteiger charge is -2.16. The van der Waals surface area contributed by atoms with Crippen LogP contribution in [-0.4, -0.2) is 40.6 Å². The maximum absolute atomic E-state index is 12.6. The van der Waals surface area contributed by atoms with Crippen LogP contribution in [0.3, 0.4) is 0 Å². The molecular formula is C25H30N4O4S. The third-order valence-electron chi connectivity index (χ3n) is 5.23. The zero-order valence-electron chi connectivity index (χ0n) is 20.1. The molecule has 3 aromatic rings. The Bertz CT molecular complexity index is 1160. The number of aromatic nitrogens is 3. The summed E-state index contributed by atoms with van der Waals surface area (Å²) in [5.41, 5.74) is 2.90. The number of nitrogens with one attached hydrogen (secondary N) is 1. The molecule has 0 aliphatic carbocycles. The number of rotatable bonds is 11. The molecule has 180 valence electrons. The number of amides is 1. The first-order chi connectivity index (χ1) is 16.4. The fraction of sp³-hybridized carbons (Fsp3) is 0.320. The van der Waals surface area contributed by atoms with Gasteiger partial charge in [-0.2, -0.15) is 0 Å². The fourth-order valence-corrected chi connectivity index (χ4v) is 4.04. The molecular weight excluding hydrogens is 452 g/mol. The monoisotopic (exact) mass is 482 g/mol.